The van der Waals surface area contributed by atoms with E-state index in [1.165, 1.54) is 30.6 Å². The van der Waals surface area contributed by atoms with Crippen molar-refractivity contribution in [1.82, 2.24) is 9.38 Å². The van der Waals surface area contributed by atoms with E-state index in [4.69, 9.17) is 4.74 Å². The molecule has 0 atom stereocenters. The van der Waals surface area contributed by atoms with Gasteiger partial charge in [-0.1, -0.05) is 6.07 Å². The first-order valence-corrected chi connectivity index (χ1v) is 6.75. The molecule has 0 aliphatic heterocycles. The van der Waals surface area contributed by atoms with Crippen molar-refractivity contribution < 1.29 is 13.5 Å². The number of nitrogens with zero attached hydrogens (tertiary/aromatic N) is 2. The third kappa shape index (κ3) is 2.09. The highest BCUT2D eigenvalue weighted by molar-refractivity contribution is 7.15. The van der Waals surface area contributed by atoms with Gasteiger partial charge in [-0.3, -0.25) is 4.40 Å². The quantitative estimate of drug-likeness (QED) is 0.802. The summed E-state index contributed by atoms with van der Waals surface area (Å²) < 4.78 is 33.8. The number of ether oxygens (including phenoxy) is 1. The zero-order valence-corrected chi connectivity index (χ0v) is 11.4. The van der Waals surface area contributed by atoms with Gasteiger partial charge in [0.15, 0.2) is 16.6 Å². The molecule has 104 valence electrons. The fourth-order valence-electron chi connectivity index (χ4n) is 1.96. The van der Waals surface area contributed by atoms with Crippen LogP contribution in [0.15, 0.2) is 29.8 Å². The molecular formula is C13H11F2N3OS. The molecule has 0 radical (unpaired) electrons. The standard InChI is InChI=1S/C13H11F2N3OS/c1-19-12-10(18-5-6-20-13(18)17-12)7-16-9-4-2-3-8(14)11(9)15/h2-6,16H,7H2,1H3. The van der Waals surface area contributed by atoms with Gasteiger partial charge in [-0.15, -0.1) is 11.3 Å². The monoisotopic (exact) mass is 295 g/mol. The predicted molar refractivity (Wildman–Crippen MR) is 73.3 cm³/mol. The Morgan fingerprint density at radius 1 is 1.40 bits per heavy atom. The summed E-state index contributed by atoms with van der Waals surface area (Å²) in [5, 5.41) is 4.76. The summed E-state index contributed by atoms with van der Waals surface area (Å²) in [6.45, 7) is 0.279. The van der Waals surface area contributed by atoms with Crippen LogP contribution in [-0.2, 0) is 6.54 Å². The minimum atomic E-state index is -0.891. The Hall–Kier alpha value is -2.15. The Bertz CT molecular complexity index is 753. The van der Waals surface area contributed by atoms with E-state index in [1.54, 1.807) is 0 Å². The molecule has 3 rings (SSSR count). The summed E-state index contributed by atoms with van der Waals surface area (Å²) in [6, 6.07) is 4.02. The third-order valence-electron chi connectivity index (χ3n) is 2.92. The molecule has 0 aliphatic rings. The molecule has 0 fully saturated rings. The molecule has 0 unspecified atom stereocenters. The first kappa shape index (κ1) is 12.9. The summed E-state index contributed by atoms with van der Waals surface area (Å²) in [5.41, 5.74) is 0.865. The number of rotatable bonds is 4. The maximum absolute atomic E-state index is 13.6. The topological polar surface area (TPSA) is 38.6 Å². The molecule has 1 N–H and O–H groups in total. The second kappa shape index (κ2) is 5.09. The molecule has 20 heavy (non-hydrogen) atoms. The highest BCUT2D eigenvalue weighted by atomic mass is 32.1. The van der Waals surface area contributed by atoms with Gasteiger partial charge in [0.1, 0.15) is 5.69 Å². The SMILES string of the molecule is COc1nc2sccn2c1CNc1cccc(F)c1F. The largest absolute Gasteiger partial charge is 0.480 e. The predicted octanol–water partition coefficient (Wildman–Crippen LogP) is 3.29. The Kier molecular flexibility index (Phi) is 3.27. The number of methoxy groups -OCH3 is 1. The first-order chi connectivity index (χ1) is 9.70. The van der Waals surface area contributed by atoms with Gasteiger partial charge in [0.05, 0.1) is 19.3 Å². The highest BCUT2D eigenvalue weighted by Gasteiger charge is 2.14. The normalized spacial score (nSPS) is 10.9. The number of thiazole rings is 1. The van der Waals surface area contributed by atoms with Crippen LogP contribution in [0.2, 0.25) is 0 Å². The van der Waals surface area contributed by atoms with Crippen LogP contribution in [-0.4, -0.2) is 16.5 Å². The van der Waals surface area contributed by atoms with Gasteiger partial charge < -0.3 is 10.1 Å². The molecule has 0 spiro atoms. The molecular weight excluding hydrogens is 284 g/mol. The van der Waals surface area contributed by atoms with Crippen molar-refractivity contribution in [1.29, 1.82) is 0 Å². The molecule has 0 amide bonds. The molecule has 7 heteroatoms. The zero-order chi connectivity index (χ0) is 14.1. The van der Waals surface area contributed by atoms with Crippen molar-refractivity contribution in [3.05, 3.63) is 47.1 Å². The van der Waals surface area contributed by atoms with Crippen molar-refractivity contribution in [3.8, 4) is 5.88 Å². The summed E-state index contributed by atoms with van der Waals surface area (Å²) >= 11 is 1.47. The first-order valence-electron chi connectivity index (χ1n) is 5.87. The summed E-state index contributed by atoms with van der Waals surface area (Å²) in [4.78, 5) is 5.09. The second-order valence-electron chi connectivity index (χ2n) is 4.08. The van der Waals surface area contributed by atoms with Gasteiger partial charge in [0, 0.05) is 11.6 Å². The number of benzene rings is 1. The van der Waals surface area contributed by atoms with E-state index >= 15 is 0 Å². The van der Waals surface area contributed by atoms with Crippen LogP contribution in [0.5, 0.6) is 5.88 Å². The van der Waals surface area contributed by atoms with Gasteiger partial charge in [-0.2, -0.15) is 4.98 Å². The van der Waals surface area contributed by atoms with Crippen LogP contribution < -0.4 is 10.1 Å². The van der Waals surface area contributed by atoms with Gasteiger partial charge in [0.2, 0.25) is 5.88 Å². The Morgan fingerprint density at radius 3 is 3.05 bits per heavy atom. The molecule has 0 saturated carbocycles. The van der Waals surface area contributed by atoms with E-state index < -0.39 is 11.6 Å². The number of hydrogen-bond donors (Lipinski definition) is 1. The number of halogens is 2. The van der Waals surface area contributed by atoms with Gasteiger partial charge in [-0.05, 0) is 12.1 Å². The maximum Gasteiger partial charge on any atom is 0.238 e. The lowest BCUT2D eigenvalue weighted by molar-refractivity contribution is 0.395. The number of nitrogens with one attached hydrogen (secondary N) is 1. The maximum atomic E-state index is 13.6. The average molecular weight is 295 g/mol. The molecule has 3 aromatic rings. The van der Waals surface area contributed by atoms with Gasteiger partial charge in [-0.25, -0.2) is 8.78 Å². The fourth-order valence-corrected chi connectivity index (χ4v) is 2.68. The minimum absolute atomic E-state index is 0.109. The molecule has 0 bridgehead atoms. The third-order valence-corrected chi connectivity index (χ3v) is 3.67. The lowest BCUT2D eigenvalue weighted by Gasteiger charge is -2.08. The van der Waals surface area contributed by atoms with E-state index in [-0.39, 0.29) is 12.2 Å². The fraction of sp³-hybridized carbons (Fsp3) is 0.154. The van der Waals surface area contributed by atoms with Crippen LogP contribution >= 0.6 is 11.3 Å². The molecule has 2 aromatic heterocycles. The number of imidazole rings is 1. The lowest BCUT2D eigenvalue weighted by atomic mass is 10.3. The van der Waals surface area contributed by atoms with Crippen LogP contribution in [0.25, 0.3) is 4.96 Å². The molecule has 4 nitrogen and oxygen atoms in total. The van der Waals surface area contributed by atoms with E-state index in [9.17, 15) is 8.78 Å². The summed E-state index contributed by atoms with van der Waals surface area (Å²) in [5.74, 6) is -1.30. The number of aromatic nitrogens is 2. The van der Waals surface area contributed by atoms with Crippen LogP contribution in [0, 0.1) is 11.6 Å². The lowest BCUT2D eigenvalue weighted by Crippen LogP contribution is -2.05. The zero-order valence-electron chi connectivity index (χ0n) is 10.6. The molecule has 2 heterocycles. The minimum Gasteiger partial charge on any atom is -0.480 e. The van der Waals surface area contributed by atoms with E-state index in [0.717, 1.165) is 16.7 Å². The van der Waals surface area contributed by atoms with Crippen LogP contribution in [0.1, 0.15) is 5.69 Å². The van der Waals surface area contributed by atoms with Crippen molar-refractivity contribution in [2.45, 2.75) is 6.54 Å². The van der Waals surface area contributed by atoms with Gasteiger partial charge in [0.25, 0.3) is 0 Å². The van der Waals surface area contributed by atoms with E-state index in [2.05, 4.69) is 10.3 Å². The Morgan fingerprint density at radius 2 is 2.25 bits per heavy atom. The van der Waals surface area contributed by atoms with Crippen molar-refractivity contribution >= 4 is 22.0 Å². The molecule has 0 saturated heterocycles. The van der Waals surface area contributed by atoms with Crippen molar-refractivity contribution in [2.24, 2.45) is 0 Å². The smallest absolute Gasteiger partial charge is 0.238 e. The van der Waals surface area contributed by atoms with Crippen LogP contribution in [0.3, 0.4) is 0 Å². The van der Waals surface area contributed by atoms with E-state index in [1.807, 2.05) is 16.0 Å². The second-order valence-corrected chi connectivity index (χ2v) is 4.95. The number of anilines is 1. The van der Waals surface area contributed by atoms with E-state index in [0.29, 0.717) is 5.88 Å². The highest BCUT2D eigenvalue weighted by Crippen LogP contribution is 2.25. The Balaban J connectivity index is 1.89. The van der Waals surface area contributed by atoms with Crippen LogP contribution in [0.4, 0.5) is 14.5 Å². The summed E-state index contributed by atoms with van der Waals surface area (Å²) in [7, 11) is 1.53. The molecule has 1 aromatic carbocycles. The summed E-state index contributed by atoms with van der Waals surface area (Å²) in [6.07, 6.45) is 1.86. The Labute approximate surface area is 117 Å². The van der Waals surface area contributed by atoms with Crippen molar-refractivity contribution in [3.63, 3.8) is 0 Å². The number of hydrogen-bond acceptors (Lipinski definition) is 4. The molecule has 0 aliphatic carbocycles. The number of fused-ring (bicyclic) bond motifs is 1. The van der Waals surface area contributed by atoms with Crippen molar-refractivity contribution in [2.75, 3.05) is 12.4 Å². The van der Waals surface area contributed by atoms with Gasteiger partial charge >= 0.3 is 0 Å². The average Bonchev–Trinajstić information content (AvgIpc) is 3.01.